The summed E-state index contributed by atoms with van der Waals surface area (Å²) in [6, 6.07) is 6.94. The highest BCUT2D eigenvalue weighted by Crippen LogP contribution is 2.63. The van der Waals surface area contributed by atoms with Crippen LogP contribution in [-0.2, 0) is 11.2 Å². The second-order valence-electron chi connectivity index (χ2n) is 10.1. The largest absolute Gasteiger partial charge is 0.465 e. The minimum absolute atomic E-state index is 0.0475. The van der Waals surface area contributed by atoms with Crippen LogP contribution in [0.3, 0.4) is 0 Å². The molecule has 1 aliphatic heterocycles. The molecule has 6 atom stereocenters. The molecule has 1 heterocycles. The van der Waals surface area contributed by atoms with Crippen molar-refractivity contribution in [2.24, 2.45) is 23.2 Å². The predicted octanol–water partition coefficient (Wildman–Crippen LogP) is 6.64. The lowest BCUT2D eigenvalue weighted by Crippen LogP contribution is -2.43. The molecule has 0 spiro atoms. The van der Waals surface area contributed by atoms with Crippen LogP contribution in [0.4, 0.5) is 0 Å². The Bertz CT molecular complexity index is 760. The standard InChI is InChI=1S/C26H36O2/c1-4-19-8-11-23-25-17(2)15-18-16-20(28-24-7-5-6-14-27-24)9-10-21(18)22(25)12-13-26(19,23)3/h4,9-10,16-17,22-25H,5-8,11-15H2,1-3H3/b19-4+/t17-,22-,23+,24?,25-,26-/m1/s1. The van der Waals surface area contributed by atoms with Crippen LogP contribution >= 0.6 is 0 Å². The summed E-state index contributed by atoms with van der Waals surface area (Å²) >= 11 is 0. The van der Waals surface area contributed by atoms with Crippen molar-refractivity contribution in [3.8, 4) is 5.75 Å². The van der Waals surface area contributed by atoms with Crippen LogP contribution in [0.2, 0.25) is 0 Å². The summed E-state index contributed by atoms with van der Waals surface area (Å²) in [5.74, 6) is 4.23. The van der Waals surface area contributed by atoms with Crippen LogP contribution in [0, 0.1) is 23.2 Å². The monoisotopic (exact) mass is 380 g/mol. The lowest BCUT2D eigenvalue weighted by molar-refractivity contribution is -0.105. The average molecular weight is 381 g/mol. The van der Waals surface area contributed by atoms with E-state index in [0.717, 1.165) is 42.4 Å². The van der Waals surface area contributed by atoms with Crippen molar-refractivity contribution < 1.29 is 9.47 Å². The smallest absolute Gasteiger partial charge is 0.199 e. The highest BCUT2D eigenvalue weighted by atomic mass is 16.7. The van der Waals surface area contributed by atoms with Gasteiger partial charge in [-0.2, -0.15) is 0 Å². The van der Waals surface area contributed by atoms with Crippen LogP contribution < -0.4 is 4.74 Å². The van der Waals surface area contributed by atoms with E-state index in [1.165, 1.54) is 50.5 Å². The summed E-state index contributed by atoms with van der Waals surface area (Å²) in [6.07, 6.45) is 12.4. The number of allylic oxidation sites excluding steroid dienone is 2. The van der Waals surface area contributed by atoms with Gasteiger partial charge >= 0.3 is 0 Å². The van der Waals surface area contributed by atoms with Gasteiger partial charge in [0.2, 0.25) is 0 Å². The molecule has 1 unspecified atom stereocenters. The third kappa shape index (κ3) is 2.95. The molecule has 2 heteroatoms. The Morgan fingerprint density at radius 3 is 2.86 bits per heavy atom. The fourth-order valence-electron chi connectivity index (χ4n) is 7.31. The van der Waals surface area contributed by atoms with Crippen LogP contribution in [0.5, 0.6) is 5.75 Å². The molecule has 5 rings (SSSR count). The van der Waals surface area contributed by atoms with Gasteiger partial charge in [0.05, 0.1) is 6.61 Å². The van der Waals surface area contributed by atoms with Crippen molar-refractivity contribution in [1.82, 2.24) is 0 Å². The topological polar surface area (TPSA) is 18.5 Å². The molecular weight excluding hydrogens is 344 g/mol. The number of hydrogen-bond acceptors (Lipinski definition) is 2. The fourth-order valence-corrected chi connectivity index (χ4v) is 7.31. The summed E-state index contributed by atoms with van der Waals surface area (Å²) in [7, 11) is 0. The van der Waals surface area contributed by atoms with Gasteiger partial charge in [0.15, 0.2) is 6.29 Å². The van der Waals surface area contributed by atoms with Gasteiger partial charge in [0, 0.05) is 6.42 Å². The molecule has 0 N–H and O–H groups in total. The van der Waals surface area contributed by atoms with E-state index >= 15 is 0 Å². The number of rotatable bonds is 2. The predicted molar refractivity (Wildman–Crippen MR) is 114 cm³/mol. The summed E-state index contributed by atoms with van der Waals surface area (Å²) in [5.41, 5.74) is 5.36. The summed E-state index contributed by atoms with van der Waals surface area (Å²) < 4.78 is 12.0. The van der Waals surface area contributed by atoms with Gasteiger partial charge in [0.1, 0.15) is 5.75 Å². The van der Waals surface area contributed by atoms with Gasteiger partial charge in [-0.15, -0.1) is 0 Å². The maximum atomic E-state index is 6.18. The third-order valence-corrected chi connectivity index (χ3v) is 8.65. The fraction of sp³-hybridized carbons (Fsp3) is 0.692. The van der Waals surface area contributed by atoms with Crippen molar-refractivity contribution in [3.05, 3.63) is 41.0 Å². The van der Waals surface area contributed by atoms with Gasteiger partial charge in [-0.05, 0) is 104 Å². The molecule has 0 bridgehead atoms. The SMILES string of the molecule is C/C=C1\CC[C@H]2[C@@H]3[C@H](C)Cc4cc(OC5CCCCO5)ccc4[C@H]3CC[C@]12C. The lowest BCUT2D eigenvalue weighted by atomic mass is 9.52. The zero-order chi connectivity index (χ0) is 19.3. The zero-order valence-corrected chi connectivity index (χ0v) is 17.9. The molecule has 152 valence electrons. The molecule has 4 aliphatic rings. The van der Waals surface area contributed by atoms with Gasteiger partial charge < -0.3 is 9.47 Å². The molecule has 0 aromatic heterocycles. The van der Waals surface area contributed by atoms with Crippen molar-refractivity contribution in [1.29, 1.82) is 0 Å². The summed E-state index contributed by atoms with van der Waals surface area (Å²) in [5, 5.41) is 0. The minimum Gasteiger partial charge on any atom is -0.465 e. The van der Waals surface area contributed by atoms with Crippen molar-refractivity contribution in [2.45, 2.75) is 84.3 Å². The minimum atomic E-state index is -0.0475. The molecule has 1 aromatic carbocycles. The average Bonchev–Trinajstić information content (AvgIpc) is 3.04. The van der Waals surface area contributed by atoms with Crippen LogP contribution in [0.25, 0.3) is 0 Å². The van der Waals surface area contributed by atoms with Crippen molar-refractivity contribution >= 4 is 0 Å². The summed E-state index contributed by atoms with van der Waals surface area (Å²) in [4.78, 5) is 0. The molecule has 3 fully saturated rings. The van der Waals surface area contributed by atoms with Crippen LogP contribution in [0.15, 0.2) is 29.8 Å². The lowest BCUT2D eigenvalue weighted by Gasteiger charge is -2.52. The first-order chi connectivity index (χ1) is 13.6. The number of fused-ring (bicyclic) bond motifs is 5. The molecule has 2 nitrogen and oxygen atoms in total. The molecule has 0 radical (unpaired) electrons. The Morgan fingerprint density at radius 2 is 2.07 bits per heavy atom. The Morgan fingerprint density at radius 1 is 1.18 bits per heavy atom. The van der Waals surface area contributed by atoms with Gasteiger partial charge in [-0.1, -0.05) is 31.6 Å². The van der Waals surface area contributed by atoms with Crippen molar-refractivity contribution in [3.63, 3.8) is 0 Å². The van der Waals surface area contributed by atoms with Crippen molar-refractivity contribution in [2.75, 3.05) is 6.61 Å². The number of ether oxygens (including phenoxy) is 2. The second kappa shape index (κ2) is 7.20. The maximum absolute atomic E-state index is 6.18. The highest BCUT2D eigenvalue weighted by Gasteiger charge is 2.54. The van der Waals surface area contributed by atoms with Crippen LogP contribution in [0.1, 0.15) is 82.8 Å². The van der Waals surface area contributed by atoms with E-state index in [-0.39, 0.29) is 6.29 Å². The van der Waals surface area contributed by atoms with Gasteiger partial charge in [-0.3, -0.25) is 0 Å². The second-order valence-corrected chi connectivity index (χ2v) is 10.1. The Balaban J connectivity index is 1.41. The van der Waals surface area contributed by atoms with E-state index in [9.17, 15) is 0 Å². The van der Waals surface area contributed by atoms with E-state index in [0.29, 0.717) is 5.41 Å². The van der Waals surface area contributed by atoms with Crippen LogP contribution in [-0.4, -0.2) is 12.9 Å². The van der Waals surface area contributed by atoms with Gasteiger partial charge in [-0.25, -0.2) is 0 Å². The molecule has 28 heavy (non-hydrogen) atoms. The normalized spacial score (nSPS) is 41.2. The van der Waals surface area contributed by atoms with E-state index in [2.05, 4.69) is 45.0 Å². The van der Waals surface area contributed by atoms with E-state index in [1.54, 1.807) is 11.1 Å². The quantitative estimate of drug-likeness (QED) is 0.535. The summed E-state index contributed by atoms with van der Waals surface area (Å²) in [6.45, 7) is 8.17. The Hall–Kier alpha value is -1.28. The number of benzene rings is 1. The molecule has 2 saturated carbocycles. The zero-order valence-electron chi connectivity index (χ0n) is 17.9. The molecule has 0 amide bonds. The molecule has 1 aromatic rings. The Labute approximate surface area is 170 Å². The Kier molecular flexibility index (Phi) is 4.82. The third-order valence-electron chi connectivity index (χ3n) is 8.65. The molecule has 3 aliphatic carbocycles. The number of hydrogen-bond donors (Lipinski definition) is 0. The molecule has 1 saturated heterocycles. The molecular formula is C26H36O2. The van der Waals surface area contributed by atoms with E-state index in [1.807, 2.05) is 0 Å². The first-order valence-corrected chi connectivity index (χ1v) is 11.7. The van der Waals surface area contributed by atoms with Gasteiger partial charge in [0.25, 0.3) is 0 Å². The van der Waals surface area contributed by atoms with E-state index < -0.39 is 0 Å². The first-order valence-electron chi connectivity index (χ1n) is 11.7. The maximum Gasteiger partial charge on any atom is 0.199 e. The van der Waals surface area contributed by atoms with E-state index in [4.69, 9.17) is 9.47 Å². The first kappa shape index (κ1) is 18.7. The highest BCUT2D eigenvalue weighted by molar-refractivity contribution is 5.42.